The van der Waals surface area contributed by atoms with Gasteiger partial charge in [0.25, 0.3) is 0 Å². The molecule has 2 aromatic rings. The lowest BCUT2D eigenvalue weighted by atomic mass is 9.82. The fourth-order valence-electron chi connectivity index (χ4n) is 2.65. The Morgan fingerprint density at radius 3 is 2.23 bits per heavy atom. The molecule has 1 aliphatic carbocycles. The van der Waals surface area contributed by atoms with Crippen LogP contribution >= 0.6 is 0 Å². The SMILES string of the molecule is COc1c(O)c(C)cc2c1C(=O)c1c(ccc(O)c1O)C2=O. The molecule has 1 aliphatic rings. The van der Waals surface area contributed by atoms with Crippen molar-refractivity contribution >= 4 is 11.6 Å². The zero-order valence-corrected chi connectivity index (χ0v) is 11.8. The molecule has 0 amide bonds. The first-order valence-electron chi connectivity index (χ1n) is 6.43. The molecule has 112 valence electrons. The van der Waals surface area contributed by atoms with Crippen LogP contribution in [0.4, 0.5) is 0 Å². The summed E-state index contributed by atoms with van der Waals surface area (Å²) in [4.78, 5) is 25.2. The first-order valence-corrected chi connectivity index (χ1v) is 6.43. The van der Waals surface area contributed by atoms with Crippen LogP contribution in [0.1, 0.15) is 37.4 Å². The summed E-state index contributed by atoms with van der Waals surface area (Å²) in [5, 5.41) is 29.5. The molecule has 6 heteroatoms. The number of carbonyl (C=O) groups excluding carboxylic acids is 2. The van der Waals surface area contributed by atoms with Gasteiger partial charge in [-0.2, -0.15) is 0 Å². The smallest absolute Gasteiger partial charge is 0.202 e. The molecule has 22 heavy (non-hydrogen) atoms. The highest BCUT2D eigenvalue weighted by atomic mass is 16.5. The van der Waals surface area contributed by atoms with Gasteiger partial charge in [-0.3, -0.25) is 9.59 Å². The molecular formula is C16H12O6. The minimum absolute atomic E-state index is 0.0000529. The second-order valence-electron chi connectivity index (χ2n) is 5.01. The van der Waals surface area contributed by atoms with Crippen LogP contribution in [0.2, 0.25) is 0 Å². The Morgan fingerprint density at radius 2 is 1.59 bits per heavy atom. The quantitative estimate of drug-likeness (QED) is 0.593. The fraction of sp³-hybridized carbons (Fsp3) is 0.125. The van der Waals surface area contributed by atoms with E-state index < -0.39 is 23.1 Å². The van der Waals surface area contributed by atoms with Gasteiger partial charge in [-0.1, -0.05) is 0 Å². The second kappa shape index (κ2) is 4.49. The van der Waals surface area contributed by atoms with Crippen LogP contribution in [0, 0.1) is 6.92 Å². The van der Waals surface area contributed by atoms with Crippen LogP contribution in [-0.4, -0.2) is 34.0 Å². The minimum atomic E-state index is -0.690. The highest BCUT2D eigenvalue weighted by Gasteiger charge is 2.37. The zero-order valence-electron chi connectivity index (χ0n) is 11.8. The number of rotatable bonds is 1. The maximum absolute atomic E-state index is 12.7. The van der Waals surface area contributed by atoms with Crippen molar-refractivity contribution in [3.05, 3.63) is 46.0 Å². The monoisotopic (exact) mass is 300 g/mol. The number of methoxy groups -OCH3 is 1. The number of fused-ring (bicyclic) bond motifs is 2. The van der Waals surface area contributed by atoms with Gasteiger partial charge in [0.1, 0.15) is 0 Å². The van der Waals surface area contributed by atoms with Crippen molar-refractivity contribution in [2.75, 3.05) is 7.11 Å². The molecule has 0 aromatic heterocycles. The van der Waals surface area contributed by atoms with Crippen molar-refractivity contribution in [3.8, 4) is 23.0 Å². The van der Waals surface area contributed by atoms with E-state index in [1.165, 1.54) is 19.2 Å². The predicted octanol–water partition coefficient (Wildman–Crippen LogP) is 1.90. The summed E-state index contributed by atoms with van der Waals surface area (Å²) in [6.45, 7) is 1.58. The normalized spacial score (nSPS) is 12.8. The van der Waals surface area contributed by atoms with E-state index in [-0.39, 0.29) is 33.8 Å². The van der Waals surface area contributed by atoms with E-state index in [9.17, 15) is 24.9 Å². The summed E-state index contributed by atoms with van der Waals surface area (Å²) in [7, 11) is 1.27. The summed E-state index contributed by atoms with van der Waals surface area (Å²) in [6.07, 6.45) is 0. The third kappa shape index (κ3) is 1.60. The Labute approximate surface area is 125 Å². The van der Waals surface area contributed by atoms with E-state index in [1.807, 2.05) is 0 Å². The number of carbonyl (C=O) groups is 2. The molecule has 0 spiro atoms. The first kappa shape index (κ1) is 13.9. The number of aryl methyl sites for hydroxylation is 1. The standard InChI is InChI=1S/C16H12O6/c1-6-5-8-11(16(22-2)12(6)18)15(21)10-7(13(8)19)3-4-9(17)14(10)20/h3-5,17-18,20H,1-2H3. The highest BCUT2D eigenvalue weighted by molar-refractivity contribution is 6.30. The van der Waals surface area contributed by atoms with Crippen molar-refractivity contribution in [3.63, 3.8) is 0 Å². The topological polar surface area (TPSA) is 104 Å². The third-order valence-electron chi connectivity index (χ3n) is 3.75. The molecule has 3 rings (SSSR count). The average molecular weight is 300 g/mol. The molecule has 0 fully saturated rings. The Bertz CT molecular complexity index is 850. The molecule has 6 nitrogen and oxygen atoms in total. The third-order valence-corrected chi connectivity index (χ3v) is 3.75. The van der Waals surface area contributed by atoms with Crippen LogP contribution in [0.3, 0.4) is 0 Å². The van der Waals surface area contributed by atoms with E-state index in [2.05, 4.69) is 0 Å². The largest absolute Gasteiger partial charge is 0.504 e. The van der Waals surface area contributed by atoms with Gasteiger partial charge in [0, 0.05) is 11.1 Å². The Balaban J connectivity index is 2.42. The van der Waals surface area contributed by atoms with Gasteiger partial charge in [-0.25, -0.2) is 0 Å². The lowest BCUT2D eigenvalue weighted by Crippen LogP contribution is -2.22. The number of hydrogen-bond donors (Lipinski definition) is 3. The number of phenols is 3. The maximum atomic E-state index is 12.7. The van der Waals surface area contributed by atoms with Crippen molar-refractivity contribution in [1.82, 2.24) is 0 Å². The van der Waals surface area contributed by atoms with Gasteiger partial charge >= 0.3 is 0 Å². The van der Waals surface area contributed by atoms with Crippen LogP contribution in [0.25, 0.3) is 0 Å². The predicted molar refractivity (Wildman–Crippen MR) is 76.0 cm³/mol. The fourth-order valence-corrected chi connectivity index (χ4v) is 2.65. The molecule has 3 N–H and O–H groups in total. The molecule has 0 saturated carbocycles. The van der Waals surface area contributed by atoms with Crippen LogP contribution in [-0.2, 0) is 0 Å². The highest BCUT2D eigenvalue weighted by Crippen LogP contribution is 2.44. The number of ketones is 2. The summed E-state index contributed by atoms with van der Waals surface area (Å²) >= 11 is 0. The first-order chi connectivity index (χ1) is 10.4. The number of phenolic OH excluding ortho intramolecular Hbond substituents is 3. The summed E-state index contributed by atoms with van der Waals surface area (Å²) in [5.41, 5.74) is 0.0703. The molecule has 2 aromatic carbocycles. The van der Waals surface area contributed by atoms with E-state index in [0.717, 1.165) is 6.07 Å². The maximum Gasteiger partial charge on any atom is 0.202 e. The number of aromatic hydroxyl groups is 3. The molecule has 0 unspecified atom stereocenters. The number of benzene rings is 2. The summed E-state index contributed by atoms with van der Waals surface area (Å²) in [6, 6.07) is 3.83. The Hall–Kier alpha value is -3.02. The van der Waals surface area contributed by atoms with Crippen LogP contribution in [0.15, 0.2) is 18.2 Å². The molecule has 0 aliphatic heterocycles. The van der Waals surface area contributed by atoms with Crippen molar-refractivity contribution in [2.24, 2.45) is 0 Å². The molecule has 0 bridgehead atoms. The molecule has 0 heterocycles. The molecule has 0 atom stereocenters. The Morgan fingerprint density at radius 1 is 0.909 bits per heavy atom. The van der Waals surface area contributed by atoms with E-state index in [0.29, 0.717) is 5.56 Å². The number of hydrogen-bond acceptors (Lipinski definition) is 6. The second-order valence-corrected chi connectivity index (χ2v) is 5.01. The van der Waals surface area contributed by atoms with Gasteiger partial charge in [0.15, 0.2) is 28.8 Å². The van der Waals surface area contributed by atoms with Gasteiger partial charge in [0.05, 0.1) is 18.2 Å². The molecular weight excluding hydrogens is 288 g/mol. The van der Waals surface area contributed by atoms with Crippen LogP contribution in [0.5, 0.6) is 23.0 Å². The van der Waals surface area contributed by atoms with Gasteiger partial charge in [-0.05, 0) is 30.7 Å². The van der Waals surface area contributed by atoms with Crippen LogP contribution < -0.4 is 4.74 Å². The average Bonchev–Trinajstić information content (AvgIpc) is 2.49. The van der Waals surface area contributed by atoms with Crippen molar-refractivity contribution in [2.45, 2.75) is 6.92 Å². The summed E-state index contributed by atoms with van der Waals surface area (Å²) < 4.78 is 5.06. The van der Waals surface area contributed by atoms with Gasteiger partial charge in [-0.15, -0.1) is 0 Å². The van der Waals surface area contributed by atoms with Gasteiger partial charge < -0.3 is 20.1 Å². The molecule has 0 radical (unpaired) electrons. The summed E-state index contributed by atoms with van der Waals surface area (Å²) in [5.74, 6) is -2.71. The van der Waals surface area contributed by atoms with Gasteiger partial charge in [0.2, 0.25) is 5.78 Å². The van der Waals surface area contributed by atoms with Crippen molar-refractivity contribution < 1.29 is 29.6 Å². The lowest BCUT2D eigenvalue weighted by molar-refractivity contribution is 0.0973. The van der Waals surface area contributed by atoms with E-state index in [4.69, 9.17) is 4.74 Å². The number of ether oxygens (including phenoxy) is 1. The van der Waals surface area contributed by atoms with E-state index in [1.54, 1.807) is 6.92 Å². The van der Waals surface area contributed by atoms with Crippen molar-refractivity contribution in [1.29, 1.82) is 0 Å². The molecule has 0 saturated heterocycles. The Kier molecular flexibility index (Phi) is 2.84. The minimum Gasteiger partial charge on any atom is -0.504 e. The lowest BCUT2D eigenvalue weighted by Gasteiger charge is -2.22. The zero-order chi connectivity index (χ0) is 16.2. The van der Waals surface area contributed by atoms with E-state index >= 15 is 0 Å².